The topological polar surface area (TPSA) is 78.3 Å². The summed E-state index contributed by atoms with van der Waals surface area (Å²) in [6.45, 7) is 4.74. The number of ether oxygens (including phenoxy) is 2. The number of hydrogen-bond donors (Lipinski definition) is 1. The number of rotatable bonds is 6. The van der Waals surface area contributed by atoms with E-state index in [-0.39, 0.29) is 6.61 Å². The van der Waals surface area contributed by atoms with Gasteiger partial charge in [0.25, 0.3) is 0 Å². The summed E-state index contributed by atoms with van der Waals surface area (Å²) in [5.41, 5.74) is 3.06. The molecule has 9 heteroatoms. The number of nitrogens with one attached hydrogen (secondary N) is 1. The number of carbonyl (C=O) groups is 1. The molecule has 4 aromatic rings. The maximum atomic E-state index is 13.5. The molecule has 2 heterocycles. The number of anilines is 1. The van der Waals surface area contributed by atoms with Gasteiger partial charge in [-0.05, 0) is 43.7 Å². The Kier molecular flexibility index (Phi) is 5.85. The predicted octanol–water partition coefficient (Wildman–Crippen LogP) is 5.38. The number of amides is 1. The van der Waals surface area contributed by atoms with Gasteiger partial charge in [-0.15, -0.1) is 0 Å². The molecule has 0 aliphatic carbocycles. The molecule has 0 saturated heterocycles. The van der Waals surface area contributed by atoms with E-state index in [4.69, 9.17) is 9.47 Å². The molecule has 0 aliphatic heterocycles. The number of aryl methyl sites for hydroxylation is 2. The quantitative estimate of drug-likeness (QED) is 0.435. The van der Waals surface area contributed by atoms with Crippen LogP contribution < -0.4 is 10.1 Å². The highest BCUT2D eigenvalue weighted by Crippen LogP contribution is 2.37. The maximum absolute atomic E-state index is 13.5. The summed E-state index contributed by atoms with van der Waals surface area (Å²) in [5.74, 6) is -0.0132. The number of carbonyl (C=O) groups excluding carboxylic acids is 1. The number of nitrogens with zero attached hydrogens (tertiary/aromatic N) is 3. The first-order chi connectivity index (χ1) is 15.0. The van der Waals surface area contributed by atoms with Crippen LogP contribution in [0.3, 0.4) is 0 Å². The molecule has 31 heavy (non-hydrogen) atoms. The average molecular weight is 441 g/mol. The van der Waals surface area contributed by atoms with E-state index < -0.39 is 11.9 Å². The smallest absolute Gasteiger partial charge is 0.412 e. The number of fused-ring (bicyclic) bond motifs is 1. The molecule has 0 fully saturated rings. The van der Waals surface area contributed by atoms with E-state index in [1.54, 1.807) is 13.0 Å². The maximum Gasteiger partial charge on any atom is 0.412 e. The van der Waals surface area contributed by atoms with E-state index in [1.165, 1.54) is 30.6 Å². The van der Waals surface area contributed by atoms with Crippen molar-refractivity contribution < 1.29 is 18.7 Å². The van der Waals surface area contributed by atoms with Crippen LogP contribution in [0.5, 0.6) is 5.75 Å². The van der Waals surface area contributed by atoms with Crippen LogP contribution in [0, 0.1) is 12.7 Å². The van der Waals surface area contributed by atoms with Crippen LogP contribution in [0.4, 0.5) is 14.2 Å². The van der Waals surface area contributed by atoms with Crippen molar-refractivity contribution in [2.75, 3.05) is 12.4 Å². The average Bonchev–Trinajstić information content (AvgIpc) is 3.34. The highest BCUT2D eigenvalue weighted by atomic mass is 32.1. The first-order valence-corrected chi connectivity index (χ1v) is 10.5. The zero-order valence-corrected chi connectivity index (χ0v) is 18.1. The van der Waals surface area contributed by atoms with E-state index in [2.05, 4.69) is 15.4 Å². The van der Waals surface area contributed by atoms with Gasteiger partial charge >= 0.3 is 6.09 Å². The Morgan fingerprint density at radius 1 is 1.26 bits per heavy atom. The molecule has 0 saturated carbocycles. The summed E-state index contributed by atoms with van der Waals surface area (Å²) in [6.07, 6.45) is 1.39. The lowest BCUT2D eigenvalue weighted by atomic mass is 10.2. The van der Waals surface area contributed by atoms with Crippen LogP contribution in [0.2, 0.25) is 0 Å². The fourth-order valence-electron chi connectivity index (χ4n) is 3.13. The number of halogens is 1. The molecule has 0 radical (unpaired) electrons. The zero-order chi connectivity index (χ0) is 22.0. The summed E-state index contributed by atoms with van der Waals surface area (Å²) < 4.78 is 25.9. The third kappa shape index (κ3) is 4.51. The summed E-state index contributed by atoms with van der Waals surface area (Å²) in [7, 11) is 1.47. The van der Waals surface area contributed by atoms with Crippen molar-refractivity contribution in [3.05, 3.63) is 59.7 Å². The van der Waals surface area contributed by atoms with E-state index in [0.29, 0.717) is 27.0 Å². The normalized spacial score (nSPS) is 11.0. The SMILES string of the molecule is CCn1cc2cc(COC(=O)Nc3sc(-c4ccc(F)cc4OC)nc3C)ccc2n1. The molecule has 1 amide bonds. The fourth-order valence-corrected chi connectivity index (χ4v) is 4.11. The van der Waals surface area contributed by atoms with Crippen LogP contribution in [0.1, 0.15) is 18.2 Å². The highest BCUT2D eigenvalue weighted by molar-refractivity contribution is 7.19. The van der Waals surface area contributed by atoms with Gasteiger partial charge in [-0.2, -0.15) is 5.10 Å². The minimum absolute atomic E-state index is 0.134. The van der Waals surface area contributed by atoms with E-state index in [9.17, 15) is 9.18 Å². The Balaban J connectivity index is 1.43. The van der Waals surface area contributed by atoms with Gasteiger partial charge in [0.2, 0.25) is 0 Å². The number of hydrogen-bond acceptors (Lipinski definition) is 6. The molecule has 0 atom stereocenters. The highest BCUT2D eigenvalue weighted by Gasteiger charge is 2.16. The van der Waals surface area contributed by atoms with Gasteiger partial charge in [0.15, 0.2) is 0 Å². The molecule has 7 nitrogen and oxygen atoms in total. The van der Waals surface area contributed by atoms with Gasteiger partial charge in [0, 0.05) is 24.2 Å². The zero-order valence-electron chi connectivity index (χ0n) is 17.3. The van der Waals surface area contributed by atoms with Crippen molar-refractivity contribution in [1.82, 2.24) is 14.8 Å². The molecule has 2 aromatic carbocycles. The summed E-state index contributed by atoms with van der Waals surface area (Å²) in [5, 5.41) is 9.35. The van der Waals surface area contributed by atoms with Gasteiger partial charge < -0.3 is 9.47 Å². The van der Waals surface area contributed by atoms with Gasteiger partial charge in [-0.3, -0.25) is 10.00 Å². The van der Waals surface area contributed by atoms with E-state index in [1.807, 2.05) is 36.0 Å². The first-order valence-electron chi connectivity index (χ1n) is 9.68. The van der Waals surface area contributed by atoms with Gasteiger partial charge in [-0.1, -0.05) is 17.4 Å². The van der Waals surface area contributed by atoms with Crippen molar-refractivity contribution >= 4 is 33.3 Å². The molecule has 4 rings (SSSR count). The summed E-state index contributed by atoms with van der Waals surface area (Å²) in [4.78, 5) is 16.8. The van der Waals surface area contributed by atoms with Crippen LogP contribution >= 0.6 is 11.3 Å². The molecular formula is C22H21FN4O3S. The van der Waals surface area contributed by atoms with Crippen LogP contribution in [-0.4, -0.2) is 28.0 Å². The molecule has 1 N–H and O–H groups in total. The molecule has 160 valence electrons. The fraction of sp³-hybridized carbons (Fsp3) is 0.227. The van der Waals surface area contributed by atoms with Crippen molar-refractivity contribution in [1.29, 1.82) is 0 Å². The third-order valence-corrected chi connectivity index (χ3v) is 5.82. The van der Waals surface area contributed by atoms with Crippen molar-refractivity contribution in [3.63, 3.8) is 0 Å². The second-order valence-electron chi connectivity index (χ2n) is 6.86. The summed E-state index contributed by atoms with van der Waals surface area (Å²) >= 11 is 1.27. The monoisotopic (exact) mass is 440 g/mol. The Morgan fingerprint density at radius 2 is 2.10 bits per heavy atom. The Labute approximate surface area is 182 Å². The minimum Gasteiger partial charge on any atom is -0.496 e. The van der Waals surface area contributed by atoms with Gasteiger partial charge in [0.1, 0.15) is 28.2 Å². The Morgan fingerprint density at radius 3 is 2.87 bits per heavy atom. The molecule has 0 unspecified atom stereocenters. The number of aromatic nitrogens is 3. The molecule has 0 bridgehead atoms. The van der Waals surface area contributed by atoms with Gasteiger partial charge in [-0.25, -0.2) is 14.2 Å². The lowest BCUT2D eigenvalue weighted by Crippen LogP contribution is -2.13. The van der Waals surface area contributed by atoms with E-state index >= 15 is 0 Å². The largest absolute Gasteiger partial charge is 0.496 e. The molecule has 2 aromatic heterocycles. The number of thiazole rings is 1. The standard InChI is InChI=1S/C22H21FN4O3S/c1-4-27-11-15-9-14(5-8-18(15)26-27)12-30-22(28)25-20-13(2)24-21(31-20)17-7-6-16(23)10-19(17)29-3/h5-11H,4,12H2,1-3H3,(H,25,28). The van der Waals surface area contributed by atoms with Crippen molar-refractivity contribution in [3.8, 4) is 16.3 Å². The van der Waals surface area contributed by atoms with Gasteiger partial charge in [0.05, 0.1) is 23.9 Å². The van der Waals surface area contributed by atoms with Crippen LogP contribution in [0.25, 0.3) is 21.5 Å². The number of benzene rings is 2. The Hall–Kier alpha value is -3.46. The molecular weight excluding hydrogens is 419 g/mol. The minimum atomic E-state index is -0.575. The molecule has 0 aliphatic rings. The summed E-state index contributed by atoms with van der Waals surface area (Å²) in [6, 6.07) is 10.0. The predicted molar refractivity (Wildman–Crippen MR) is 118 cm³/mol. The second-order valence-corrected chi connectivity index (χ2v) is 7.86. The number of methoxy groups -OCH3 is 1. The lowest BCUT2D eigenvalue weighted by Gasteiger charge is -2.06. The lowest BCUT2D eigenvalue weighted by molar-refractivity contribution is 0.155. The van der Waals surface area contributed by atoms with E-state index in [0.717, 1.165) is 23.0 Å². The van der Waals surface area contributed by atoms with Crippen molar-refractivity contribution in [2.45, 2.75) is 27.0 Å². The molecule has 0 spiro atoms. The van der Waals surface area contributed by atoms with Crippen molar-refractivity contribution in [2.24, 2.45) is 0 Å². The van der Waals surface area contributed by atoms with Crippen LogP contribution in [-0.2, 0) is 17.9 Å². The van der Waals surface area contributed by atoms with Crippen LogP contribution in [0.15, 0.2) is 42.6 Å². The third-order valence-electron chi connectivity index (χ3n) is 4.72. The second kappa shape index (κ2) is 8.73. The first kappa shape index (κ1) is 20.8. The Bertz CT molecular complexity index is 1250.